The van der Waals surface area contributed by atoms with Crippen molar-refractivity contribution in [3.05, 3.63) is 42.5 Å². The summed E-state index contributed by atoms with van der Waals surface area (Å²) in [5.41, 5.74) is 1.71. The number of phenolic OH excluding ortho intramolecular Hbond substituents is 1. The minimum absolute atomic E-state index is 0.0295. The number of hydrogen-bond acceptors (Lipinski definition) is 8. The molecule has 2 saturated heterocycles. The molecule has 2 aliphatic heterocycles. The summed E-state index contributed by atoms with van der Waals surface area (Å²) in [6.45, 7) is 4.61. The van der Waals surface area contributed by atoms with E-state index in [1.807, 2.05) is 13.3 Å². The van der Waals surface area contributed by atoms with Crippen LogP contribution < -0.4 is 10.2 Å². The minimum atomic E-state index is -0.440. The Balaban J connectivity index is 1.37. The number of anilines is 1. The van der Waals surface area contributed by atoms with Gasteiger partial charge in [-0.3, -0.25) is 0 Å². The number of fused-ring (bicyclic) bond motifs is 2. The number of phenols is 1. The molecular weight excluding hydrogens is 451 g/mol. The van der Waals surface area contributed by atoms with Gasteiger partial charge < -0.3 is 15.3 Å². The van der Waals surface area contributed by atoms with Crippen LogP contribution in [-0.4, -0.2) is 55.7 Å². The van der Waals surface area contributed by atoms with Crippen LogP contribution in [0.15, 0.2) is 41.7 Å². The Morgan fingerprint density at radius 2 is 1.79 bits per heavy atom. The fourth-order valence-electron chi connectivity index (χ4n) is 5.48. The van der Waals surface area contributed by atoms with Crippen LogP contribution in [0.25, 0.3) is 22.5 Å². The van der Waals surface area contributed by atoms with Crippen molar-refractivity contribution >= 4 is 17.6 Å². The number of piperidine rings is 1. The van der Waals surface area contributed by atoms with Gasteiger partial charge in [0.2, 0.25) is 0 Å². The van der Waals surface area contributed by atoms with Crippen molar-refractivity contribution in [1.29, 1.82) is 0 Å². The molecule has 0 amide bonds. The maximum Gasteiger partial charge on any atom is 0.185 e. The molecule has 9 heteroatoms. The van der Waals surface area contributed by atoms with Gasteiger partial charge in [-0.15, -0.1) is 22.0 Å². The Bertz CT molecular complexity index is 1210. The lowest BCUT2D eigenvalue weighted by molar-refractivity contribution is 0.207. The van der Waals surface area contributed by atoms with E-state index in [9.17, 15) is 9.50 Å². The highest BCUT2D eigenvalue weighted by Crippen LogP contribution is 2.43. The molecule has 2 aromatic heterocycles. The molecule has 4 heterocycles. The lowest BCUT2D eigenvalue weighted by atomic mass is 9.84. The Morgan fingerprint density at radius 3 is 2.41 bits per heavy atom. The summed E-state index contributed by atoms with van der Waals surface area (Å²) in [5.74, 6) is 0.565. The molecule has 178 valence electrons. The smallest absolute Gasteiger partial charge is 0.185 e. The summed E-state index contributed by atoms with van der Waals surface area (Å²) in [6.07, 6.45) is 9.26. The molecule has 2 aliphatic rings. The van der Waals surface area contributed by atoms with Crippen LogP contribution in [0, 0.1) is 5.82 Å². The number of hydrogen-bond donors (Lipinski definition) is 2. The van der Waals surface area contributed by atoms with Gasteiger partial charge in [-0.1, -0.05) is 6.07 Å². The zero-order valence-corrected chi connectivity index (χ0v) is 20.7. The van der Waals surface area contributed by atoms with Crippen LogP contribution in [0.1, 0.15) is 39.5 Å². The zero-order chi connectivity index (χ0) is 24.1. The first-order valence-electron chi connectivity index (χ1n) is 11.4. The Labute approximate surface area is 203 Å². The molecule has 2 N–H and O–H groups in total. The van der Waals surface area contributed by atoms with E-state index in [0.29, 0.717) is 39.4 Å². The van der Waals surface area contributed by atoms with E-state index >= 15 is 0 Å². The van der Waals surface area contributed by atoms with Crippen molar-refractivity contribution < 1.29 is 9.50 Å². The van der Waals surface area contributed by atoms with Crippen LogP contribution in [-0.2, 0) is 0 Å². The van der Waals surface area contributed by atoms with E-state index in [4.69, 9.17) is 0 Å². The van der Waals surface area contributed by atoms with Gasteiger partial charge in [0.1, 0.15) is 11.6 Å². The summed E-state index contributed by atoms with van der Waals surface area (Å²) in [4.78, 5) is 10.7. The summed E-state index contributed by atoms with van der Waals surface area (Å²) >= 11 is 1.43. The molecule has 0 radical (unpaired) electrons. The van der Waals surface area contributed by atoms with Crippen LogP contribution >= 0.6 is 11.8 Å². The molecule has 2 fully saturated rings. The molecule has 34 heavy (non-hydrogen) atoms. The SMILES string of the molecule is CSc1cc(-c2ccc(-c3ncc(N(C)C4C[C@]5(C)CC[C@](C)(C4)N5)nn3)c(O)c2)c(F)cn1. The number of benzene rings is 1. The van der Waals surface area contributed by atoms with Crippen molar-refractivity contribution in [3.8, 4) is 28.3 Å². The normalized spacial score (nSPS) is 26.0. The number of halogens is 1. The monoisotopic (exact) mass is 480 g/mol. The predicted molar refractivity (Wildman–Crippen MR) is 133 cm³/mol. The van der Waals surface area contributed by atoms with E-state index in [2.05, 4.69) is 44.2 Å². The predicted octanol–water partition coefficient (Wildman–Crippen LogP) is 4.67. The third-order valence-electron chi connectivity index (χ3n) is 7.25. The Morgan fingerprint density at radius 1 is 1.06 bits per heavy atom. The van der Waals surface area contributed by atoms with Crippen molar-refractivity contribution in [2.75, 3.05) is 18.2 Å². The fourth-order valence-corrected chi connectivity index (χ4v) is 5.87. The first kappa shape index (κ1) is 23.0. The quantitative estimate of drug-likeness (QED) is 0.510. The molecule has 1 aromatic carbocycles. The van der Waals surface area contributed by atoms with E-state index in [-0.39, 0.29) is 16.8 Å². The standard InChI is InChI=1S/C25H29FN6OS/c1-24-7-8-25(2,31-24)12-16(11-24)32(3)21-14-28-23(30-29-21)17-6-5-15(9-20(17)33)18-10-22(34-4)27-13-19(18)26/h5-6,9-10,13-14,16,31,33H,7-8,11-12H2,1-4H3/t16?,24-,25+. The maximum absolute atomic E-state index is 14.3. The van der Waals surface area contributed by atoms with Crippen molar-refractivity contribution in [2.45, 2.75) is 61.7 Å². The van der Waals surface area contributed by atoms with Crippen LogP contribution in [0.4, 0.5) is 10.2 Å². The largest absolute Gasteiger partial charge is 0.507 e. The summed E-state index contributed by atoms with van der Waals surface area (Å²) in [7, 11) is 2.05. The zero-order valence-electron chi connectivity index (χ0n) is 19.8. The highest BCUT2D eigenvalue weighted by molar-refractivity contribution is 7.98. The molecule has 7 nitrogen and oxygen atoms in total. The number of thioether (sulfide) groups is 1. The molecule has 0 saturated carbocycles. The third kappa shape index (κ3) is 4.22. The minimum Gasteiger partial charge on any atom is -0.507 e. The van der Waals surface area contributed by atoms with Gasteiger partial charge in [0.25, 0.3) is 0 Å². The first-order valence-corrected chi connectivity index (χ1v) is 12.7. The van der Waals surface area contributed by atoms with Gasteiger partial charge >= 0.3 is 0 Å². The van der Waals surface area contributed by atoms with Gasteiger partial charge in [0.05, 0.1) is 23.0 Å². The molecule has 5 rings (SSSR count). The number of rotatable bonds is 5. The van der Waals surface area contributed by atoms with Gasteiger partial charge in [0, 0.05) is 29.7 Å². The van der Waals surface area contributed by atoms with Gasteiger partial charge in [-0.05, 0) is 69.5 Å². The Hall–Kier alpha value is -2.78. The molecule has 3 aromatic rings. The highest BCUT2D eigenvalue weighted by Gasteiger charge is 2.49. The first-order chi connectivity index (χ1) is 16.2. The maximum atomic E-state index is 14.3. The van der Waals surface area contributed by atoms with E-state index < -0.39 is 5.82 Å². The van der Waals surface area contributed by atoms with Crippen molar-refractivity contribution in [1.82, 2.24) is 25.5 Å². The number of aromatic nitrogens is 4. The molecule has 1 unspecified atom stereocenters. The van der Waals surface area contributed by atoms with Crippen molar-refractivity contribution in [3.63, 3.8) is 0 Å². The summed E-state index contributed by atoms with van der Waals surface area (Å²) < 4.78 is 14.3. The second-order valence-corrected chi connectivity index (χ2v) is 10.8. The van der Waals surface area contributed by atoms with Crippen molar-refractivity contribution in [2.24, 2.45) is 0 Å². The number of nitrogens with zero attached hydrogens (tertiary/aromatic N) is 5. The number of aromatic hydroxyl groups is 1. The number of nitrogens with one attached hydrogen (secondary N) is 1. The molecule has 0 aliphatic carbocycles. The molecular formula is C25H29FN6OS. The van der Waals surface area contributed by atoms with E-state index in [1.54, 1.807) is 24.4 Å². The average Bonchev–Trinajstić information content (AvgIpc) is 3.05. The lowest BCUT2D eigenvalue weighted by Crippen LogP contribution is -2.58. The van der Waals surface area contributed by atoms with E-state index in [0.717, 1.165) is 12.8 Å². The highest BCUT2D eigenvalue weighted by atomic mass is 32.2. The second kappa shape index (κ2) is 8.46. The lowest BCUT2D eigenvalue weighted by Gasteiger charge is -2.45. The average molecular weight is 481 g/mol. The number of pyridine rings is 1. The van der Waals surface area contributed by atoms with Crippen LogP contribution in [0.3, 0.4) is 0 Å². The summed E-state index contributed by atoms with van der Waals surface area (Å²) in [6, 6.07) is 6.98. The molecule has 0 spiro atoms. The topological polar surface area (TPSA) is 87.1 Å². The second-order valence-electron chi connectivity index (χ2n) is 10.00. The van der Waals surface area contributed by atoms with Crippen LogP contribution in [0.5, 0.6) is 5.75 Å². The summed E-state index contributed by atoms with van der Waals surface area (Å²) in [5, 5.41) is 23.9. The molecule has 3 atom stereocenters. The Kier molecular flexibility index (Phi) is 5.72. The van der Waals surface area contributed by atoms with E-state index in [1.165, 1.54) is 36.9 Å². The molecule has 2 bridgehead atoms. The van der Waals surface area contributed by atoms with Crippen LogP contribution in [0.2, 0.25) is 0 Å². The third-order valence-corrected chi connectivity index (χ3v) is 7.89. The van der Waals surface area contributed by atoms with Gasteiger partial charge in [-0.25, -0.2) is 14.4 Å². The van der Waals surface area contributed by atoms with Gasteiger partial charge in [0.15, 0.2) is 11.6 Å². The van der Waals surface area contributed by atoms with Gasteiger partial charge in [-0.2, -0.15) is 0 Å². The fraction of sp³-hybridized carbons (Fsp3) is 0.440.